The molecule has 0 fully saturated rings. The third-order valence-corrected chi connectivity index (χ3v) is 1.35. The Bertz CT molecular complexity index is 170. The average Bonchev–Trinajstić information content (AvgIpc) is 2.02. The second-order valence-corrected chi connectivity index (χ2v) is 2.15. The highest BCUT2D eigenvalue weighted by atomic mass is 16.5. The fourth-order valence-electron chi connectivity index (χ4n) is 0.622. The fourth-order valence-corrected chi connectivity index (χ4v) is 0.622. The normalized spacial score (nSPS) is 12.3. The molecule has 64 valence electrons. The van der Waals surface area contributed by atoms with Gasteiger partial charge in [0.25, 0.3) is 0 Å². The molecule has 0 atom stereocenters. The molecule has 0 aromatic rings. The van der Waals surface area contributed by atoms with E-state index < -0.39 is 5.97 Å². The van der Waals surface area contributed by atoms with Crippen LogP contribution in [0.25, 0.3) is 0 Å². The maximum atomic E-state index is 10.9. The molecule has 1 N–H and O–H groups in total. The topological polar surface area (TPSA) is 46.5 Å². The van der Waals surface area contributed by atoms with Gasteiger partial charge in [-0.3, -0.25) is 0 Å². The largest absolute Gasteiger partial charge is 0.512 e. The maximum absolute atomic E-state index is 10.9. The van der Waals surface area contributed by atoms with E-state index in [9.17, 15) is 4.79 Å². The van der Waals surface area contributed by atoms with Crippen LogP contribution in [-0.4, -0.2) is 17.7 Å². The zero-order valence-electron chi connectivity index (χ0n) is 7.18. The fraction of sp³-hybridized carbons (Fsp3) is 0.625. The summed E-state index contributed by atoms with van der Waals surface area (Å²) in [5.74, 6) is -0.338. The van der Waals surface area contributed by atoms with Crippen molar-refractivity contribution in [1.82, 2.24) is 0 Å². The quantitative estimate of drug-likeness (QED) is 0.387. The summed E-state index contributed by atoms with van der Waals surface area (Å²) < 4.78 is 4.67. The number of aliphatic hydroxyl groups excluding tert-OH is 1. The average molecular weight is 158 g/mol. The third kappa shape index (κ3) is 3.07. The van der Waals surface area contributed by atoms with Crippen molar-refractivity contribution in [2.45, 2.75) is 27.2 Å². The summed E-state index contributed by atoms with van der Waals surface area (Å²) >= 11 is 0. The molecular weight excluding hydrogens is 144 g/mol. The highest BCUT2D eigenvalue weighted by Gasteiger charge is 2.08. The van der Waals surface area contributed by atoms with Crippen molar-refractivity contribution < 1.29 is 14.6 Å². The standard InChI is InChI=1S/C8H14O3/c1-4-7(9)6(3)8(10)11-5-2/h9H,4-5H2,1-3H3/b7-6-. The van der Waals surface area contributed by atoms with Crippen LogP contribution in [0.1, 0.15) is 27.2 Å². The first kappa shape index (κ1) is 10.0. The van der Waals surface area contributed by atoms with Crippen LogP contribution in [0.5, 0.6) is 0 Å². The first-order valence-corrected chi connectivity index (χ1v) is 3.69. The van der Waals surface area contributed by atoms with E-state index in [0.717, 1.165) is 0 Å². The summed E-state index contributed by atoms with van der Waals surface area (Å²) in [5.41, 5.74) is 0.300. The highest BCUT2D eigenvalue weighted by Crippen LogP contribution is 2.05. The van der Waals surface area contributed by atoms with Crippen molar-refractivity contribution in [2.24, 2.45) is 0 Å². The molecule has 0 aliphatic carbocycles. The highest BCUT2D eigenvalue weighted by molar-refractivity contribution is 5.88. The molecule has 0 aromatic carbocycles. The molecule has 0 saturated carbocycles. The van der Waals surface area contributed by atoms with Gasteiger partial charge < -0.3 is 9.84 Å². The molecule has 0 rings (SSSR count). The lowest BCUT2D eigenvalue weighted by molar-refractivity contribution is -0.138. The number of allylic oxidation sites excluding steroid dienone is 1. The minimum atomic E-state index is -0.438. The second-order valence-electron chi connectivity index (χ2n) is 2.15. The molecule has 0 aliphatic rings. The molecule has 0 radical (unpaired) electrons. The van der Waals surface area contributed by atoms with Gasteiger partial charge in [0, 0.05) is 6.42 Å². The van der Waals surface area contributed by atoms with E-state index in [0.29, 0.717) is 18.6 Å². The van der Waals surface area contributed by atoms with Gasteiger partial charge >= 0.3 is 5.97 Å². The Kier molecular flexibility index (Phi) is 4.34. The van der Waals surface area contributed by atoms with Gasteiger partial charge in [-0.25, -0.2) is 4.79 Å². The van der Waals surface area contributed by atoms with Crippen molar-refractivity contribution in [3.63, 3.8) is 0 Å². The smallest absolute Gasteiger partial charge is 0.337 e. The molecule has 0 unspecified atom stereocenters. The molecule has 0 bridgehead atoms. The van der Waals surface area contributed by atoms with Crippen molar-refractivity contribution >= 4 is 5.97 Å². The Morgan fingerprint density at radius 3 is 2.36 bits per heavy atom. The number of esters is 1. The Morgan fingerprint density at radius 1 is 1.45 bits per heavy atom. The van der Waals surface area contributed by atoms with Crippen LogP contribution in [0.3, 0.4) is 0 Å². The number of hydrogen-bond acceptors (Lipinski definition) is 3. The van der Waals surface area contributed by atoms with E-state index >= 15 is 0 Å². The van der Waals surface area contributed by atoms with Crippen LogP contribution in [0.15, 0.2) is 11.3 Å². The first-order chi connectivity index (χ1) is 5.13. The lowest BCUT2D eigenvalue weighted by atomic mass is 10.2. The molecule has 3 nitrogen and oxygen atoms in total. The number of hydrogen-bond donors (Lipinski definition) is 1. The molecule has 0 aliphatic heterocycles. The summed E-state index contributed by atoms with van der Waals surface area (Å²) in [6, 6.07) is 0. The number of ether oxygens (including phenoxy) is 1. The van der Waals surface area contributed by atoms with Gasteiger partial charge in [0.05, 0.1) is 12.2 Å². The minimum Gasteiger partial charge on any atom is -0.512 e. The maximum Gasteiger partial charge on any atom is 0.337 e. The summed E-state index contributed by atoms with van der Waals surface area (Å²) in [4.78, 5) is 10.9. The van der Waals surface area contributed by atoms with Crippen molar-refractivity contribution in [1.29, 1.82) is 0 Å². The van der Waals surface area contributed by atoms with Gasteiger partial charge in [0.2, 0.25) is 0 Å². The number of rotatable bonds is 3. The molecule has 0 saturated heterocycles. The van der Waals surface area contributed by atoms with Crippen molar-refractivity contribution in [2.75, 3.05) is 6.61 Å². The Balaban J connectivity index is 4.22. The zero-order chi connectivity index (χ0) is 8.85. The lowest BCUT2D eigenvalue weighted by Gasteiger charge is -2.02. The number of carbonyl (C=O) groups excluding carboxylic acids is 1. The van der Waals surface area contributed by atoms with E-state index in [1.807, 2.05) is 0 Å². The Labute approximate surface area is 66.7 Å². The first-order valence-electron chi connectivity index (χ1n) is 3.69. The van der Waals surface area contributed by atoms with Gasteiger partial charge in [0.1, 0.15) is 5.76 Å². The molecule has 0 heterocycles. The number of aliphatic hydroxyl groups is 1. The van der Waals surface area contributed by atoms with Crippen molar-refractivity contribution in [3.8, 4) is 0 Å². The Hall–Kier alpha value is -0.990. The van der Waals surface area contributed by atoms with Crippen LogP contribution in [0.2, 0.25) is 0 Å². The van der Waals surface area contributed by atoms with Gasteiger partial charge in [-0.2, -0.15) is 0 Å². The van der Waals surface area contributed by atoms with E-state index in [2.05, 4.69) is 4.74 Å². The zero-order valence-corrected chi connectivity index (χ0v) is 7.18. The molecular formula is C8H14O3. The van der Waals surface area contributed by atoms with Crippen LogP contribution < -0.4 is 0 Å². The predicted molar refractivity (Wildman–Crippen MR) is 42.3 cm³/mol. The summed E-state index contributed by atoms with van der Waals surface area (Å²) in [6.45, 7) is 5.40. The molecule has 0 amide bonds. The molecule has 0 spiro atoms. The van der Waals surface area contributed by atoms with Crippen LogP contribution in [-0.2, 0) is 9.53 Å². The monoisotopic (exact) mass is 158 g/mol. The molecule has 11 heavy (non-hydrogen) atoms. The molecule has 3 heteroatoms. The SMILES string of the molecule is CCOC(=O)/C(C)=C(\O)CC. The van der Waals surface area contributed by atoms with E-state index in [4.69, 9.17) is 5.11 Å². The van der Waals surface area contributed by atoms with Gasteiger partial charge in [-0.05, 0) is 13.8 Å². The van der Waals surface area contributed by atoms with Crippen LogP contribution >= 0.6 is 0 Å². The minimum absolute atomic E-state index is 0.100. The Morgan fingerprint density at radius 2 is 2.00 bits per heavy atom. The lowest BCUT2D eigenvalue weighted by Crippen LogP contribution is -2.07. The summed E-state index contributed by atoms with van der Waals surface area (Å²) in [5, 5.41) is 9.10. The predicted octanol–water partition coefficient (Wildman–Crippen LogP) is 1.79. The van der Waals surface area contributed by atoms with Crippen LogP contribution in [0, 0.1) is 0 Å². The summed E-state index contributed by atoms with van der Waals surface area (Å²) in [6.07, 6.45) is 0.463. The van der Waals surface area contributed by atoms with Gasteiger partial charge in [-0.15, -0.1) is 0 Å². The van der Waals surface area contributed by atoms with E-state index in [1.54, 1.807) is 20.8 Å². The second kappa shape index (κ2) is 4.77. The number of carbonyl (C=O) groups is 1. The third-order valence-electron chi connectivity index (χ3n) is 1.35. The van der Waals surface area contributed by atoms with E-state index in [1.165, 1.54) is 0 Å². The van der Waals surface area contributed by atoms with Gasteiger partial charge in [0.15, 0.2) is 0 Å². The van der Waals surface area contributed by atoms with Gasteiger partial charge in [-0.1, -0.05) is 6.92 Å². The van der Waals surface area contributed by atoms with Crippen molar-refractivity contribution in [3.05, 3.63) is 11.3 Å². The van der Waals surface area contributed by atoms with E-state index in [-0.39, 0.29) is 5.76 Å². The van der Waals surface area contributed by atoms with Crippen LogP contribution in [0.4, 0.5) is 0 Å². The molecule has 0 aromatic heterocycles. The summed E-state index contributed by atoms with van der Waals surface area (Å²) in [7, 11) is 0.